The zero-order valence-electron chi connectivity index (χ0n) is 15.8. The van der Waals surface area contributed by atoms with Gasteiger partial charge in [0.15, 0.2) is 5.13 Å². The van der Waals surface area contributed by atoms with Crippen molar-refractivity contribution in [1.82, 2.24) is 4.98 Å². The van der Waals surface area contributed by atoms with Gasteiger partial charge in [0.1, 0.15) is 11.9 Å². The molecule has 1 aliphatic heterocycles. The third-order valence-electron chi connectivity index (χ3n) is 4.71. The highest BCUT2D eigenvalue weighted by atomic mass is 32.1. The zero-order valence-corrected chi connectivity index (χ0v) is 16.6. The van der Waals surface area contributed by atoms with Gasteiger partial charge in [-0.25, -0.2) is 9.37 Å². The fraction of sp³-hybridized carbons (Fsp3) is 0.273. The molecule has 1 unspecified atom stereocenters. The van der Waals surface area contributed by atoms with Gasteiger partial charge in [-0.05, 0) is 74.2 Å². The van der Waals surface area contributed by atoms with Gasteiger partial charge in [-0.1, -0.05) is 6.07 Å². The van der Waals surface area contributed by atoms with Gasteiger partial charge < -0.3 is 4.74 Å². The Morgan fingerprint density at radius 3 is 2.54 bits per heavy atom. The van der Waals surface area contributed by atoms with E-state index in [4.69, 9.17) is 4.74 Å². The lowest BCUT2D eigenvalue weighted by Gasteiger charge is -2.23. The number of carbonyl (C=O) groups is 1. The summed E-state index contributed by atoms with van der Waals surface area (Å²) in [5, 5.41) is 2.48. The lowest BCUT2D eigenvalue weighted by atomic mass is 10.1. The van der Waals surface area contributed by atoms with Crippen molar-refractivity contribution in [2.75, 3.05) is 11.5 Å². The van der Waals surface area contributed by atoms with Crippen molar-refractivity contribution in [2.45, 2.75) is 32.8 Å². The van der Waals surface area contributed by atoms with E-state index >= 15 is 0 Å². The molecule has 1 amide bonds. The predicted octanol–water partition coefficient (Wildman–Crippen LogP) is 5.41. The first-order valence-corrected chi connectivity index (χ1v) is 10.1. The van der Waals surface area contributed by atoms with E-state index in [9.17, 15) is 9.18 Å². The third-order valence-corrected chi connectivity index (χ3v) is 5.54. The van der Waals surface area contributed by atoms with E-state index < -0.39 is 6.10 Å². The number of halogens is 1. The second-order valence-electron chi connectivity index (χ2n) is 7.04. The van der Waals surface area contributed by atoms with Gasteiger partial charge in [-0.15, -0.1) is 11.3 Å². The summed E-state index contributed by atoms with van der Waals surface area (Å²) in [5.74, 6) is -0.382. The fourth-order valence-electron chi connectivity index (χ4n) is 3.45. The number of benzene rings is 2. The van der Waals surface area contributed by atoms with Crippen LogP contribution >= 0.6 is 11.3 Å². The number of rotatable bonds is 4. The van der Waals surface area contributed by atoms with E-state index in [0.717, 1.165) is 40.9 Å². The quantitative estimate of drug-likeness (QED) is 0.592. The number of hydrogen-bond donors (Lipinski definition) is 0. The van der Waals surface area contributed by atoms with Gasteiger partial charge in [0.05, 0.1) is 11.4 Å². The van der Waals surface area contributed by atoms with Crippen LogP contribution in [0.4, 0.5) is 15.2 Å². The molecule has 4 nitrogen and oxygen atoms in total. The highest BCUT2D eigenvalue weighted by Gasteiger charge is 2.32. The Kier molecular flexibility index (Phi) is 5.24. The first-order chi connectivity index (χ1) is 13.5. The van der Waals surface area contributed by atoms with Crippen LogP contribution in [0.2, 0.25) is 0 Å². The highest BCUT2D eigenvalue weighted by molar-refractivity contribution is 7.14. The van der Waals surface area contributed by atoms with Crippen LogP contribution in [0.5, 0.6) is 0 Å². The Morgan fingerprint density at radius 1 is 1.18 bits per heavy atom. The van der Waals surface area contributed by atoms with E-state index in [1.807, 2.05) is 31.4 Å². The van der Waals surface area contributed by atoms with Crippen LogP contribution in [0, 0.1) is 19.7 Å². The maximum atomic E-state index is 13.3. The molecule has 1 aromatic heterocycles. The summed E-state index contributed by atoms with van der Waals surface area (Å²) >= 11 is 1.40. The highest BCUT2D eigenvalue weighted by Crippen LogP contribution is 2.35. The van der Waals surface area contributed by atoms with Crippen LogP contribution in [-0.2, 0) is 9.53 Å². The average molecular weight is 396 g/mol. The normalized spacial score (nSPS) is 16.3. The van der Waals surface area contributed by atoms with Crippen molar-refractivity contribution in [1.29, 1.82) is 0 Å². The van der Waals surface area contributed by atoms with E-state index in [2.05, 4.69) is 11.1 Å². The fourth-order valence-corrected chi connectivity index (χ4v) is 4.31. The standard InChI is InChI=1S/C22H21FN2O2S/c1-14-10-15(2)12-18(11-14)25(21(26)20-4-3-9-27-20)22-24-19(13-28-22)16-5-7-17(23)8-6-16/h5-8,10-13,20H,3-4,9H2,1-2H3. The zero-order chi connectivity index (χ0) is 19.7. The minimum Gasteiger partial charge on any atom is -0.368 e. The number of nitrogens with zero attached hydrogens (tertiary/aromatic N) is 2. The van der Waals surface area contributed by atoms with Crippen LogP contribution < -0.4 is 4.90 Å². The molecular formula is C22H21FN2O2S. The second-order valence-corrected chi connectivity index (χ2v) is 7.88. The molecule has 0 bridgehead atoms. The van der Waals surface area contributed by atoms with Gasteiger partial charge in [0.2, 0.25) is 0 Å². The van der Waals surface area contributed by atoms with Crippen LogP contribution in [0.15, 0.2) is 47.8 Å². The molecule has 0 radical (unpaired) electrons. The van der Waals surface area contributed by atoms with Gasteiger partial charge in [-0.3, -0.25) is 9.69 Å². The van der Waals surface area contributed by atoms with E-state index in [-0.39, 0.29) is 11.7 Å². The summed E-state index contributed by atoms with van der Waals surface area (Å²) in [6.45, 7) is 4.63. The SMILES string of the molecule is Cc1cc(C)cc(N(C(=O)C2CCCO2)c2nc(-c3ccc(F)cc3)cs2)c1. The molecule has 0 spiro atoms. The van der Waals surface area contributed by atoms with Gasteiger partial charge in [0, 0.05) is 17.6 Å². The Labute approximate surface area is 167 Å². The Morgan fingerprint density at radius 2 is 1.89 bits per heavy atom. The average Bonchev–Trinajstić information content (AvgIpc) is 3.34. The minimum atomic E-state index is -0.445. The van der Waals surface area contributed by atoms with Crippen molar-refractivity contribution in [3.8, 4) is 11.3 Å². The molecule has 1 aliphatic rings. The number of ether oxygens (including phenoxy) is 1. The molecule has 28 heavy (non-hydrogen) atoms. The number of aromatic nitrogens is 1. The molecule has 3 aromatic rings. The van der Waals surface area contributed by atoms with Crippen molar-refractivity contribution < 1.29 is 13.9 Å². The second kappa shape index (κ2) is 7.81. The van der Waals surface area contributed by atoms with E-state index in [0.29, 0.717) is 11.7 Å². The number of amides is 1. The topological polar surface area (TPSA) is 42.4 Å². The van der Waals surface area contributed by atoms with Crippen LogP contribution in [0.25, 0.3) is 11.3 Å². The van der Waals surface area contributed by atoms with Crippen molar-refractivity contribution >= 4 is 28.1 Å². The summed E-state index contributed by atoms with van der Waals surface area (Å²) in [6, 6.07) is 12.2. The molecule has 144 valence electrons. The summed E-state index contributed by atoms with van der Waals surface area (Å²) in [4.78, 5) is 19.6. The Bertz CT molecular complexity index is 974. The predicted molar refractivity (Wildman–Crippen MR) is 110 cm³/mol. The number of anilines is 2. The monoisotopic (exact) mass is 396 g/mol. The summed E-state index contributed by atoms with van der Waals surface area (Å²) in [5.41, 5.74) is 4.48. The lowest BCUT2D eigenvalue weighted by molar-refractivity contribution is -0.126. The number of carbonyl (C=O) groups excluding carboxylic acids is 1. The number of aryl methyl sites for hydroxylation is 2. The molecule has 0 N–H and O–H groups in total. The van der Waals surface area contributed by atoms with E-state index in [1.54, 1.807) is 17.0 Å². The number of hydrogen-bond acceptors (Lipinski definition) is 4. The largest absolute Gasteiger partial charge is 0.368 e. The molecular weight excluding hydrogens is 375 g/mol. The maximum absolute atomic E-state index is 13.3. The van der Waals surface area contributed by atoms with Crippen LogP contribution in [-0.4, -0.2) is 23.6 Å². The first-order valence-electron chi connectivity index (χ1n) is 9.26. The number of thiazole rings is 1. The van der Waals surface area contributed by atoms with Crippen molar-refractivity contribution in [2.24, 2.45) is 0 Å². The van der Waals surface area contributed by atoms with Crippen LogP contribution in [0.1, 0.15) is 24.0 Å². The molecule has 6 heteroatoms. The molecule has 1 atom stereocenters. The first kappa shape index (κ1) is 18.8. The molecule has 0 saturated carbocycles. The van der Waals surface area contributed by atoms with Gasteiger partial charge >= 0.3 is 0 Å². The van der Waals surface area contributed by atoms with Crippen molar-refractivity contribution in [3.05, 3.63) is 64.8 Å². The molecule has 2 heterocycles. The summed E-state index contributed by atoms with van der Waals surface area (Å²) in [6.07, 6.45) is 1.16. The van der Waals surface area contributed by atoms with Crippen LogP contribution in [0.3, 0.4) is 0 Å². The molecule has 1 saturated heterocycles. The summed E-state index contributed by atoms with van der Waals surface area (Å²) < 4.78 is 18.9. The molecule has 1 fully saturated rings. The Hall–Kier alpha value is -2.57. The maximum Gasteiger partial charge on any atom is 0.262 e. The van der Waals surface area contributed by atoms with E-state index in [1.165, 1.54) is 23.5 Å². The minimum absolute atomic E-state index is 0.0949. The van der Waals surface area contributed by atoms with Crippen molar-refractivity contribution in [3.63, 3.8) is 0 Å². The van der Waals surface area contributed by atoms with Gasteiger partial charge in [-0.2, -0.15) is 0 Å². The summed E-state index contributed by atoms with van der Waals surface area (Å²) in [7, 11) is 0. The third kappa shape index (κ3) is 3.84. The molecule has 4 rings (SSSR count). The molecule has 2 aromatic carbocycles. The van der Waals surface area contributed by atoms with Gasteiger partial charge in [0.25, 0.3) is 5.91 Å². The Balaban J connectivity index is 1.75. The molecule has 0 aliphatic carbocycles. The smallest absolute Gasteiger partial charge is 0.262 e. The lowest BCUT2D eigenvalue weighted by Crippen LogP contribution is -2.35.